The first-order chi connectivity index (χ1) is 9.60. The monoisotopic (exact) mass is 273 g/mol. The van der Waals surface area contributed by atoms with Crippen LogP contribution < -0.4 is 15.2 Å². The zero-order valence-corrected chi connectivity index (χ0v) is 11.0. The summed E-state index contributed by atoms with van der Waals surface area (Å²) in [5.74, 6) is 0.283. The van der Waals surface area contributed by atoms with Gasteiger partial charge in [0.15, 0.2) is 0 Å². The second kappa shape index (κ2) is 5.97. The van der Waals surface area contributed by atoms with Crippen molar-refractivity contribution in [2.75, 3.05) is 12.8 Å². The Morgan fingerprint density at radius 3 is 2.45 bits per heavy atom. The number of rotatable bonds is 5. The molecule has 0 heterocycles. The van der Waals surface area contributed by atoms with Crippen LogP contribution in [0.3, 0.4) is 0 Å². The van der Waals surface area contributed by atoms with Crippen LogP contribution in [0, 0.1) is 0 Å². The Morgan fingerprint density at radius 1 is 1.20 bits per heavy atom. The minimum absolute atomic E-state index is 0.248. The van der Waals surface area contributed by atoms with Gasteiger partial charge in [0.05, 0.1) is 18.4 Å². The molecule has 20 heavy (non-hydrogen) atoms. The first-order valence-electron chi connectivity index (χ1n) is 5.98. The summed E-state index contributed by atoms with van der Waals surface area (Å²) in [5, 5.41) is 8.81. The minimum Gasteiger partial charge on any atom is -0.497 e. The fraction of sp³-hybridized carbons (Fsp3) is 0.133. The number of hydrogen-bond donors (Lipinski definition) is 2. The summed E-state index contributed by atoms with van der Waals surface area (Å²) in [7, 11) is 1.57. The van der Waals surface area contributed by atoms with Crippen molar-refractivity contribution in [3.63, 3.8) is 0 Å². The Hall–Kier alpha value is -2.69. The molecule has 0 amide bonds. The molecule has 0 aliphatic heterocycles. The van der Waals surface area contributed by atoms with E-state index in [4.69, 9.17) is 20.3 Å². The number of nitrogen functional groups attached to an aromatic ring is 1. The number of carboxylic acid groups (broad SMARTS) is 1. The fourth-order valence-electron chi connectivity index (χ4n) is 1.69. The van der Waals surface area contributed by atoms with E-state index in [0.717, 1.165) is 5.56 Å². The minimum atomic E-state index is -0.947. The molecule has 3 N–H and O–H groups in total. The summed E-state index contributed by atoms with van der Waals surface area (Å²) in [5.41, 5.74) is 7.45. The first-order valence-corrected chi connectivity index (χ1v) is 5.98. The van der Waals surface area contributed by atoms with E-state index in [1.807, 2.05) is 0 Å². The van der Waals surface area contributed by atoms with Gasteiger partial charge in [0.1, 0.15) is 18.1 Å². The highest BCUT2D eigenvalue weighted by Crippen LogP contribution is 2.26. The Morgan fingerprint density at radius 2 is 1.90 bits per heavy atom. The van der Waals surface area contributed by atoms with Crippen LogP contribution in [0.25, 0.3) is 0 Å². The van der Waals surface area contributed by atoms with E-state index in [1.54, 1.807) is 49.6 Å². The SMILES string of the molecule is COc1ccc(OCc2ccc(C(=O)O)cc2)c(N)c1. The zero-order chi connectivity index (χ0) is 14.5. The van der Waals surface area contributed by atoms with Crippen LogP contribution in [0.2, 0.25) is 0 Å². The van der Waals surface area contributed by atoms with Gasteiger partial charge in [-0.05, 0) is 29.8 Å². The average Bonchev–Trinajstić information content (AvgIpc) is 2.46. The highest BCUT2D eigenvalue weighted by atomic mass is 16.5. The van der Waals surface area contributed by atoms with Crippen molar-refractivity contribution in [1.29, 1.82) is 0 Å². The number of benzene rings is 2. The van der Waals surface area contributed by atoms with Crippen LogP contribution in [0.5, 0.6) is 11.5 Å². The standard InChI is InChI=1S/C15H15NO4/c1-19-12-6-7-14(13(16)8-12)20-9-10-2-4-11(5-3-10)15(17)18/h2-8H,9,16H2,1H3,(H,17,18). The Kier molecular flexibility index (Phi) is 4.10. The number of hydrogen-bond acceptors (Lipinski definition) is 4. The normalized spacial score (nSPS) is 10.1. The van der Waals surface area contributed by atoms with Crippen LogP contribution in [0.15, 0.2) is 42.5 Å². The summed E-state index contributed by atoms with van der Waals surface area (Å²) < 4.78 is 10.7. The van der Waals surface area contributed by atoms with Gasteiger partial charge in [-0.3, -0.25) is 0 Å². The van der Waals surface area contributed by atoms with E-state index in [-0.39, 0.29) is 5.56 Å². The van der Waals surface area contributed by atoms with Gasteiger partial charge >= 0.3 is 5.97 Å². The molecule has 5 heteroatoms. The van der Waals surface area contributed by atoms with Crippen LogP contribution in [0.1, 0.15) is 15.9 Å². The Labute approximate surface area is 116 Å². The highest BCUT2D eigenvalue weighted by Gasteiger charge is 2.04. The summed E-state index contributed by atoms with van der Waals surface area (Å²) in [4.78, 5) is 10.7. The zero-order valence-electron chi connectivity index (χ0n) is 11.0. The summed E-state index contributed by atoms with van der Waals surface area (Å²) in [6.45, 7) is 0.316. The van der Waals surface area contributed by atoms with Gasteiger partial charge < -0.3 is 20.3 Å². The number of methoxy groups -OCH3 is 1. The molecule has 0 aliphatic carbocycles. The van der Waals surface area contributed by atoms with E-state index in [2.05, 4.69) is 0 Å². The molecule has 0 saturated carbocycles. The number of ether oxygens (including phenoxy) is 2. The van der Waals surface area contributed by atoms with Gasteiger partial charge in [-0.25, -0.2) is 4.79 Å². The Bertz CT molecular complexity index is 608. The summed E-state index contributed by atoms with van der Waals surface area (Å²) in [6.07, 6.45) is 0. The number of nitrogens with two attached hydrogens (primary N) is 1. The highest BCUT2D eigenvalue weighted by molar-refractivity contribution is 5.87. The molecule has 0 aliphatic rings. The second-order valence-electron chi connectivity index (χ2n) is 4.19. The van der Waals surface area contributed by atoms with E-state index < -0.39 is 5.97 Å². The molecule has 0 spiro atoms. The predicted octanol–water partition coefficient (Wildman–Crippen LogP) is 2.55. The maximum atomic E-state index is 10.7. The van der Waals surface area contributed by atoms with Gasteiger partial charge in [0, 0.05) is 6.07 Å². The lowest BCUT2D eigenvalue weighted by Crippen LogP contribution is -2.00. The number of carbonyl (C=O) groups is 1. The molecule has 0 radical (unpaired) electrons. The molecule has 2 aromatic rings. The molecule has 2 aromatic carbocycles. The molecule has 104 valence electrons. The van der Waals surface area contributed by atoms with Crippen molar-refractivity contribution in [3.05, 3.63) is 53.6 Å². The number of anilines is 1. The molecule has 0 fully saturated rings. The third-order valence-electron chi connectivity index (χ3n) is 2.81. The van der Waals surface area contributed by atoms with Gasteiger partial charge in [-0.2, -0.15) is 0 Å². The third-order valence-corrected chi connectivity index (χ3v) is 2.81. The van der Waals surface area contributed by atoms with E-state index in [0.29, 0.717) is 23.8 Å². The lowest BCUT2D eigenvalue weighted by Gasteiger charge is -2.10. The second-order valence-corrected chi connectivity index (χ2v) is 4.19. The molecule has 2 rings (SSSR count). The quantitative estimate of drug-likeness (QED) is 0.818. The lowest BCUT2D eigenvalue weighted by molar-refractivity contribution is 0.0697. The van der Waals surface area contributed by atoms with Crippen molar-refractivity contribution >= 4 is 11.7 Å². The van der Waals surface area contributed by atoms with Crippen molar-refractivity contribution in [1.82, 2.24) is 0 Å². The van der Waals surface area contributed by atoms with E-state index in [9.17, 15) is 4.79 Å². The molecule has 0 bridgehead atoms. The number of carboxylic acids is 1. The topological polar surface area (TPSA) is 81.8 Å². The van der Waals surface area contributed by atoms with Gasteiger partial charge in [0.25, 0.3) is 0 Å². The van der Waals surface area contributed by atoms with Crippen LogP contribution in [-0.4, -0.2) is 18.2 Å². The van der Waals surface area contributed by atoms with Crippen LogP contribution in [-0.2, 0) is 6.61 Å². The maximum absolute atomic E-state index is 10.7. The van der Waals surface area contributed by atoms with Gasteiger partial charge in [0.2, 0.25) is 0 Å². The Balaban J connectivity index is 2.03. The van der Waals surface area contributed by atoms with Crippen molar-refractivity contribution in [2.45, 2.75) is 6.61 Å². The van der Waals surface area contributed by atoms with Crippen LogP contribution >= 0.6 is 0 Å². The van der Waals surface area contributed by atoms with Gasteiger partial charge in [-0.1, -0.05) is 12.1 Å². The smallest absolute Gasteiger partial charge is 0.335 e. The third kappa shape index (κ3) is 3.20. The van der Waals surface area contributed by atoms with E-state index in [1.165, 1.54) is 0 Å². The maximum Gasteiger partial charge on any atom is 0.335 e. The largest absolute Gasteiger partial charge is 0.497 e. The molecular formula is C15H15NO4. The average molecular weight is 273 g/mol. The molecule has 0 atom stereocenters. The number of aromatic carboxylic acids is 1. The molecular weight excluding hydrogens is 258 g/mol. The predicted molar refractivity (Wildman–Crippen MR) is 75.1 cm³/mol. The molecule has 0 saturated heterocycles. The summed E-state index contributed by atoms with van der Waals surface area (Å²) >= 11 is 0. The first kappa shape index (κ1) is 13.7. The van der Waals surface area contributed by atoms with E-state index >= 15 is 0 Å². The molecule has 0 unspecified atom stereocenters. The van der Waals surface area contributed by atoms with Crippen LogP contribution in [0.4, 0.5) is 5.69 Å². The van der Waals surface area contributed by atoms with Crippen molar-refractivity contribution in [3.8, 4) is 11.5 Å². The van der Waals surface area contributed by atoms with Gasteiger partial charge in [-0.15, -0.1) is 0 Å². The molecule has 0 aromatic heterocycles. The molecule has 5 nitrogen and oxygen atoms in total. The lowest BCUT2D eigenvalue weighted by atomic mass is 10.1. The van der Waals surface area contributed by atoms with Crippen molar-refractivity contribution in [2.24, 2.45) is 0 Å². The van der Waals surface area contributed by atoms with Crippen molar-refractivity contribution < 1.29 is 19.4 Å². The summed E-state index contributed by atoms with van der Waals surface area (Å²) in [6, 6.07) is 11.7. The fourth-order valence-corrected chi connectivity index (χ4v) is 1.69.